The van der Waals surface area contributed by atoms with Gasteiger partial charge in [0, 0.05) is 0 Å². The molecule has 1 amide bonds. The normalized spacial score (nSPS) is 10.8. The molecule has 0 unspecified atom stereocenters. The van der Waals surface area contributed by atoms with E-state index in [1.54, 1.807) is 43.5 Å². The van der Waals surface area contributed by atoms with Gasteiger partial charge in [-0.2, -0.15) is 5.26 Å². The van der Waals surface area contributed by atoms with Crippen molar-refractivity contribution in [1.29, 1.82) is 5.26 Å². The van der Waals surface area contributed by atoms with E-state index in [9.17, 15) is 10.1 Å². The average molecular weight is 459 g/mol. The van der Waals surface area contributed by atoms with Gasteiger partial charge in [-0.25, -0.2) is 0 Å². The molecule has 0 saturated carbocycles. The van der Waals surface area contributed by atoms with E-state index >= 15 is 0 Å². The Labute approximate surface area is 198 Å². The minimum Gasteiger partial charge on any atom is -0.493 e. The first-order valence-corrected chi connectivity index (χ1v) is 10.7. The maximum absolute atomic E-state index is 12.2. The van der Waals surface area contributed by atoms with Gasteiger partial charge in [0.25, 0.3) is 5.91 Å². The van der Waals surface area contributed by atoms with E-state index in [1.165, 1.54) is 12.3 Å². The van der Waals surface area contributed by atoms with Crippen LogP contribution in [0, 0.1) is 11.3 Å². The van der Waals surface area contributed by atoms with Crippen LogP contribution in [0.5, 0.6) is 17.2 Å². The Morgan fingerprint density at radius 2 is 1.91 bits per heavy atom. The van der Waals surface area contributed by atoms with Crippen LogP contribution in [0.25, 0.3) is 6.08 Å². The van der Waals surface area contributed by atoms with Crippen LogP contribution >= 0.6 is 0 Å². The monoisotopic (exact) mass is 458 g/mol. The zero-order valence-electron chi connectivity index (χ0n) is 19.0. The first-order valence-electron chi connectivity index (χ1n) is 10.7. The molecular weight excluding hydrogens is 432 g/mol. The molecule has 0 bridgehead atoms. The summed E-state index contributed by atoms with van der Waals surface area (Å²) in [6.45, 7) is 4.64. The number of ether oxygens (including phenoxy) is 3. The standard InChI is InChI=1S/C27H26N2O5/c1-3-5-20-9-12-25(26(17-20)31-2)34-15-14-33-23-10-7-21(8-11-23)16-22(18-28)27(30)29-19-24-6-4-13-32-24/h3-4,6-13,16-17H,1,5,14-15,19H2,2H3,(H,29,30). The highest BCUT2D eigenvalue weighted by atomic mass is 16.5. The summed E-state index contributed by atoms with van der Waals surface area (Å²) in [5, 5.41) is 12.0. The number of carbonyl (C=O) groups excluding carboxylic acids is 1. The molecule has 1 aromatic heterocycles. The topological polar surface area (TPSA) is 93.7 Å². The minimum atomic E-state index is -0.468. The zero-order chi connectivity index (χ0) is 24.2. The fourth-order valence-corrected chi connectivity index (χ4v) is 3.09. The van der Waals surface area contributed by atoms with Crippen LogP contribution in [0.2, 0.25) is 0 Å². The van der Waals surface area contributed by atoms with Crippen molar-refractivity contribution < 1.29 is 23.4 Å². The average Bonchev–Trinajstić information content (AvgIpc) is 3.39. The van der Waals surface area contributed by atoms with Crippen LogP contribution in [-0.2, 0) is 17.8 Å². The molecule has 34 heavy (non-hydrogen) atoms. The van der Waals surface area contributed by atoms with Crippen molar-refractivity contribution in [1.82, 2.24) is 5.32 Å². The van der Waals surface area contributed by atoms with Crippen molar-refractivity contribution in [2.45, 2.75) is 13.0 Å². The van der Waals surface area contributed by atoms with Crippen LogP contribution in [0.4, 0.5) is 0 Å². The molecule has 1 heterocycles. The first kappa shape index (κ1) is 24.2. The second kappa shape index (κ2) is 12.6. The third kappa shape index (κ3) is 7.04. The fraction of sp³-hybridized carbons (Fsp3) is 0.185. The molecule has 0 fully saturated rings. The molecule has 3 rings (SSSR count). The quantitative estimate of drug-likeness (QED) is 0.183. The lowest BCUT2D eigenvalue weighted by molar-refractivity contribution is -0.117. The summed E-state index contributed by atoms with van der Waals surface area (Å²) in [5.41, 5.74) is 1.80. The fourth-order valence-electron chi connectivity index (χ4n) is 3.09. The number of carbonyl (C=O) groups is 1. The smallest absolute Gasteiger partial charge is 0.262 e. The Kier molecular flexibility index (Phi) is 8.94. The summed E-state index contributed by atoms with van der Waals surface area (Å²) < 4.78 is 22.1. The maximum atomic E-state index is 12.2. The van der Waals surface area contributed by atoms with Gasteiger partial charge in [-0.15, -0.1) is 6.58 Å². The van der Waals surface area contributed by atoms with Crippen LogP contribution in [0.1, 0.15) is 16.9 Å². The Morgan fingerprint density at radius 1 is 1.12 bits per heavy atom. The Hall–Kier alpha value is -4.44. The molecule has 0 aliphatic carbocycles. The third-order valence-electron chi connectivity index (χ3n) is 4.78. The van der Waals surface area contributed by atoms with Gasteiger partial charge < -0.3 is 23.9 Å². The SMILES string of the molecule is C=CCc1ccc(OCCOc2ccc(C=C(C#N)C(=O)NCc3ccco3)cc2)c(OC)c1. The number of nitrogens with one attached hydrogen (secondary N) is 1. The van der Waals surface area contributed by atoms with E-state index in [-0.39, 0.29) is 12.1 Å². The van der Waals surface area contributed by atoms with E-state index in [4.69, 9.17) is 18.6 Å². The molecule has 1 N–H and O–H groups in total. The highest BCUT2D eigenvalue weighted by Crippen LogP contribution is 2.28. The van der Waals surface area contributed by atoms with Crippen molar-refractivity contribution >= 4 is 12.0 Å². The molecule has 0 atom stereocenters. The molecular formula is C27H26N2O5. The number of furan rings is 1. The number of benzene rings is 2. The van der Waals surface area contributed by atoms with E-state index in [2.05, 4.69) is 11.9 Å². The van der Waals surface area contributed by atoms with Crippen LogP contribution in [0.15, 0.2) is 83.5 Å². The number of hydrogen-bond acceptors (Lipinski definition) is 6. The molecule has 0 aliphatic heterocycles. The van der Waals surface area contributed by atoms with Gasteiger partial charge in [-0.1, -0.05) is 24.3 Å². The van der Waals surface area contributed by atoms with Gasteiger partial charge in [0.1, 0.15) is 36.4 Å². The van der Waals surface area contributed by atoms with Gasteiger partial charge in [-0.3, -0.25) is 4.79 Å². The number of nitrogens with zero attached hydrogens (tertiary/aromatic N) is 1. The van der Waals surface area contributed by atoms with E-state index < -0.39 is 5.91 Å². The Bertz CT molecular complexity index is 1160. The van der Waals surface area contributed by atoms with E-state index in [0.29, 0.717) is 41.8 Å². The molecule has 7 nitrogen and oxygen atoms in total. The van der Waals surface area contributed by atoms with Crippen molar-refractivity contribution in [3.63, 3.8) is 0 Å². The molecule has 0 aliphatic rings. The van der Waals surface area contributed by atoms with Crippen LogP contribution < -0.4 is 19.5 Å². The lowest BCUT2D eigenvalue weighted by Crippen LogP contribution is -2.23. The second-order valence-electron chi connectivity index (χ2n) is 7.18. The first-order chi connectivity index (χ1) is 16.6. The summed E-state index contributed by atoms with van der Waals surface area (Å²) in [7, 11) is 1.60. The van der Waals surface area contributed by atoms with Crippen molar-refractivity contribution in [3.05, 3.63) is 96.0 Å². The number of methoxy groups -OCH3 is 1. The van der Waals surface area contributed by atoms with Gasteiger partial charge in [0.05, 0.1) is 19.9 Å². The molecule has 2 aromatic carbocycles. The summed E-state index contributed by atoms with van der Waals surface area (Å²) in [6, 6.07) is 18.3. The lowest BCUT2D eigenvalue weighted by Gasteiger charge is -2.12. The highest BCUT2D eigenvalue weighted by molar-refractivity contribution is 6.01. The molecule has 0 spiro atoms. The predicted molar refractivity (Wildman–Crippen MR) is 128 cm³/mol. The number of amides is 1. The van der Waals surface area contributed by atoms with Crippen molar-refractivity contribution in [3.8, 4) is 23.3 Å². The lowest BCUT2D eigenvalue weighted by atomic mass is 10.1. The van der Waals surface area contributed by atoms with Crippen molar-refractivity contribution in [2.75, 3.05) is 20.3 Å². The van der Waals surface area contributed by atoms with Gasteiger partial charge in [-0.05, 0) is 60.0 Å². The summed E-state index contributed by atoms with van der Waals surface area (Å²) in [4.78, 5) is 12.2. The molecule has 0 radical (unpaired) electrons. The largest absolute Gasteiger partial charge is 0.493 e. The number of rotatable bonds is 12. The summed E-state index contributed by atoms with van der Waals surface area (Å²) in [6.07, 6.45) is 5.64. The Balaban J connectivity index is 1.49. The van der Waals surface area contributed by atoms with E-state index in [1.807, 2.05) is 30.3 Å². The molecule has 174 valence electrons. The van der Waals surface area contributed by atoms with Gasteiger partial charge >= 0.3 is 0 Å². The number of allylic oxidation sites excluding steroid dienone is 1. The van der Waals surface area contributed by atoms with Crippen molar-refractivity contribution in [2.24, 2.45) is 0 Å². The summed E-state index contributed by atoms with van der Waals surface area (Å²) >= 11 is 0. The molecule has 7 heteroatoms. The number of nitriles is 1. The van der Waals surface area contributed by atoms with Gasteiger partial charge in [0.2, 0.25) is 0 Å². The molecule has 0 saturated heterocycles. The van der Waals surface area contributed by atoms with E-state index in [0.717, 1.165) is 12.0 Å². The highest BCUT2D eigenvalue weighted by Gasteiger charge is 2.10. The minimum absolute atomic E-state index is 0.00156. The number of hydrogen-bond donors (Lipinski definition) is 1. The van der Waals surface area contributed by atoms with Crippen LogP contribution in [-0.4, -0.2) is 26.2 Å². The second-order valence-corrected chi connectivity index (χ2v) is 7.18. The zero-order valence-corrected chi connectivity index (χ0v) is 19.0. The van der Waals surface area contributed by atoms with Gasteiger partial charge in [0.15, 0.2) is 11.5 Å². The molecule has 3 aromatic rings. The summed E-state index contributed by atoms with van der Waals surface area (Å²) in [5.74, 6) is 2.10. The predicted octanol–water partition coefficient (Wildman–Crippen LogP) is 4.70. The van der Waals surface area contributed by atoms with Crippen LogP contribution in [0.3, 0.4) is 0 Å². The Morgan fingerprint density at radius 3 is 2.59 bits per heavy atom. The maximum Gasteiger partial charge on any atom is 0.262 e. The third-order valence-corrected chi connectivity index (χ3v) is 4.78.